The molecular formula is C48H68ClF3N4O12S. The van der Waals surface area contributed by atoms with Crippen LogP contribution in [0.1, 0.15) is 52.7 Å². The molecule has 69 heavy (non-hydrogen) atoms. The number of aldehydes is 1. The molecule has 0 aromatic heterocycles. The van der Waals surface area contributed by atoms with E-state index in [0.29, 0.717) is 135 Å². The third kappa shape index (κ3) is 28.3. The number of halogens is 4. The Morgan fingerprint density at radius 3 is 1.75 bits per heavy atom. The predicted molar refractivity (Wildman–Crippen MR) is 262 cm³/mol. The SMILES string of the molecule is CO.N=Cc1ccc(Cl)c(C(F)(F)F)c1.O=CCCOCCOCCOCCOCCOCCOCCOCCOCCSCc1cccc(C(=O)Nc2ccc(N3CCCCC3)cc2NC=O)c1. The maximum Gasteiger partial charge on any atom is 0.417 e. The third-order valence-electron chi connectivity index (χ3n) is 9.46. The lowest BCUT2D eigenvalue weighted by atomic mass is 10.1. The fraction of sp³-hybridized carbons (Fsp3) is 0.542. The van der Waals surface area contributed by atoms with Crippen molar-refractivity contribution in [2.24, 2.45) is 0 Å². The lowest BCUT2D eigenvalue weighted by Crippen LogP contribution is -2.29. The van der Waals surface area contributed by atoms with Crippen LogP contribution in [-0.2, 0) is 59.4 Å². The molecule has 0 saturated carbocycles. The fourth-order valence-corrected chi connectivity index (χ4v) is 7.12. The van der Waals surface area contributed by atoms with Crippen molar-refractivity contribution in [3.8, 4) is 0 Å². The second-order valence-corrected chi connectivity index (χ2v) is 16.0. The standard InChI is InChI=1S/C39H59N3O11S.C8H5ClF3N.CH4O/c43-12-5-13-46-14-15-47-16-17-48-18-19-49-20-21-50-22-23-51-24-25-52-26-27-53-28-29-54-32-34-6-4-7-35(30-34)39(45)41-37-9-8-36(31-38(37)40-33-44)42-10-2-1-3-11-42;9-7-2-1-5(4-13)3-6(7)8(10,11)12;1-2/h4,6-9,12,30-31,33H,1-3,5,10-11,13-29,32H2,(H,40,44)(H,41,45);1-4,13H;2H,1H3. The first-order valence-electron chi connectivity index (χ1n) is 22.6. The van der Waals surface area contributed by atoms with Gasteiger partial charge in [0.05, 0.1) is 128 Å². The van der Waals surface area contributed by atoms with Gasteiger partial charge >= 0.3 is 6.18 Å². The molecule has 1 saturated heterocycles. The van der Waals surface area contributed by atoms with Gasteiger partial charge in [-0.25, -0.2) is 0 Å². The Morgan fingerprint density at radius 1 is 0.710 bits per heavy atom. The van der Waals surface area contributed by atoms with E-state index in [1.165, 1.54) is 12.5 Å². The number of carbonyl (C=O) groups is 3. The second-order valence-electron chi connectivity index (χ2n) is 14.5. The molecule has 4 rings (SSSR count). The molecule has 0 spiro atoms. The number of hydrogen-bond acceptors (Lipinski definition) is 15. The Morgan fingerprint density at radius 2 is 1.25 bits per heavy atom. The number of anilines is 3. The van der Waals surface area contributed by atoms with E-state index in [4.69, 9.17) is 60.0 Å². The number of aliphatic hydroxyl groups excluding tert-OH is 1. The van der Waals surface area contributed by atoms with Gasteiger partial charge in [-0.05, 0) is 72.9 Å². The van der Waals surface area contributed by atoms with Gasteiger partial charge in [0.25, 0.3) is 5.91 Å². The summed E-state index contributed by atoms with van der Waals surface area (Å²) in [5.74, 6) is 1.35. The third-order valence-corrected chi connectivity index (χ3v) is 10.8. The van der Waals surface area contributed by atoms with Crippen LogP contribution in [0.4, 0.5) is 30.2 Å². The van der Waals surface area contributed by atoms with E-state index in [9.17, 15) is 27.6 Å². The van der Waals surface area contributed by atoms with Crippen molar-refractivity contribution in [1.29, 1.82) is 5.41 Å². The molecule has 0 radical (unpaired) electrons. The van der Waals surface area contributed by atoms with Crippen molar-refractivity contribution >= 4 is 65.2 Å². The highest BCUT2D eigenvalue weighted by molar-refractivity contribution is 7.98. The van der Waals surface area contributed by atoms with Gasteiger partial charge in [-0.3, -0.25) is 9.59 Å². The molecule has 1 aliphatic rings. The molecule has 0 atom stereocenters. The van der Waals surface area contributed by atoms with Gasteiger partial charge in [0.2, 0.25) is 6.41 Å². The molecule has 1 fully saturated rings. The zero-order valence-corrected chi connectivity index (χ0v) is 40.9. The lowest BCUT2D eigenvalue weighted by molar-refractivity contribution is -0.137. The average molecular weight is 1020 g/mol. The second kappa shape index (κ2) is 39.5. The van der Waals surface area contributed by atoms with E-state index >= 15 is 0 Å². The fourth-order valence-electron chi connectivity index (χ4n) is 6.10. The summed E-state index contributed by atoms with van der Waals surface area (Å²) in [6.07, 6.45) is 1.80. The highest BCUT2D eigenvalue weighted by Gasteiger charge is 2.33. The summed E-state index contributed by atoms with van der Waals surface area (Å²) in [6, 6.07) is 16.7. The molecule has 21 heteroatoms. The molecule has 3 aromatic rings. The Labute approximate surface area is 412 Å². The number of rotatable bonds is 35. The first kappa shape index (κ1) is 60.9. The number of aliphatic hydroxyl groups is 1. The van der Waals surface area contributed by atoms with Crippen LogP contribution < -0.4 is 15.5 Å². The number of thioether (sulfide) groups is 1. The van der Waals surface area contributed by atoms with E-state index in [0.717, 1.165) is 80.4 Å². The number of hydrogen-bond donors (Lipinski definition) is 4. The number of ether oxygens (including phenoxy) is 8. The summed E-state index contributed by atoms with van der Waals surface area (Å²) in [5.41, 5.74) is 3.07. The number of alkyl halides is 3. The van der Waals surface area contributed by atoms with Crippen molar-refractivity contribution in [2.45, 2.75) is 37.6 Å². The minimum absolute atomic E-state index is 0.178. The van der Waals surface area contributed by atoms with Crippen molar-refractivity contribution in [1.82, 2.24) is 0 Å². The smallest absolute Gasteiger partial charge is 0.400 e. The molecule has 0 unspecified atom stereocenters. The summed E-state index contributed by atoms with van der Waals surface area (Å²) >= 11 is 7.08. The molecule has 1 heterocycles. The predicted octanol–water partition coefficient (Wildman–Crippen LogP) is 7.42. The Balaban J connectivity index is 0.000000929. The Hall–Kier alpha value is -4.19. The zero-order valence-electron chi connectivity index (χ0n) is 39.3. The highest BCUT2D eigenvalue weighted by atomic mass is 35.5. The molecule has 3 aromatic carbocycles. The topological polar surface area (TPSA) is 196 Å². The van der Waals surface area contributed by atoms with Crippen molar-refractivity contribution in [3.05, 3.63) is 87.9 Å². The molecule has 16 nitrogen and oxygen atoms in total. The first-order valence-corrected chi connectivity index (χ1v) is 24.1. The van der Waals surface area contributed by atoms with Crippen LogP contribution in [0.25, 0.3) is 0 Å². The van der Waals surface area contributed by atoms with Gasteiger partial charge in [0.1, 0.15) is 6.29 Å². The molecule has 1 aliphatic heterocycles. The maximum absolute atomic E-state index is 13.1. The Kier molecular flexibility index (Phi) is 34.9. The van der Waals surface area contributed by atoms with Crippen LogP contribution in [-0.4, -0.2) is 162 Å². The Bertz CT molecular complexity index is 1850. The van der Waals surface area contributed by atoms with Gasteiger partial charge in [0.15, 0.2) is 0 Å². The summed E-state index contributed by atoms with van der Waals surface area (Å²) in [4.78, 5) is 36.9. The first-order chi connectivity index (χ1) is 33.7. The number of benzene rings is 3. The summed E-state index contributed by atoms with van der Waals surface area (Å²) < 4.78 is 80.3. The monoisotopic (exact) mass is 1020 g/mol. The molecule has 0 aliphatic carbocycles. The van der Waals surface area contributed by atoms with Crippen LogP contribution in [0.2, 0.25) is 5.02 Å². The molecule has 386 valence electrons. The summed E-state index contributed by atoms with van der Waals surface area (Å²) in [7, 11) is 1.00. The number of nitrogens with one attached hydrogen (secondary N) is 3. The molecular weight excluding hydrogens is 949 g/mol. The number of amides is 2. The quantitative estimate of drug-likeness (QED) is 0.0258. The van der Waals surface area contributed by atoms with Crippen LogP contribution in [0, 0.1) is 5.41 Å². The van der Waals surface area contributed by atoms with Gasteiger partial charge in [-0.2, -0.15) is 24.9 Å². The molecule has 0 bridgehead atoms. The van der Waals surface area contributed by atoms with E-state index in [1.54, 1.807) is 17.8 Å². The van der Waals surface area contributed by atoms with Crippen molar-refractivity contribution < 1.29 is 70.6 Å². The van der Waals surface area contributed by atoms with Gasteiger partial charge < -0.3 is 68.7 Å². The number of piperidine rings is 1. The van der Waals surface area contributed by atoms with E-state index in [-0.39, 0.29) is 16.5 Å². The maximum atomic E-state index is 13.1. The van der Waals surface area contributed by atoms with Crippen LogP contribution >= 0.6 is 23.4 Å². The van der Waals surface area contributed by atoms with E-state index < -0.39 is 11.7 Å². The van der Waals surface area contributed by atoms with Gasteiger partial charge in [-0.15, -0.1) is 0 Å². The highest BCUT2D eigenvalue weighted by Crippen LogP contribution is 2.35. The van der Waals surface area contributed by atoms with Gasteiger partial charge in [0, 0.05) is 55.6 Å². The minimum Gasteiger partial charge on any atom is -0.400 e. The largest absolute Gasteiger partial charge is 0.417 e. The summed E-state index contributed by atoms with van der Waals surface area (Å²) in [5, 5.41) is 19.1. The number of carbonyl (C=O) groups excluding carboxylic acids is 3. The lowest BCUT2D eigenvalue weighted by Gasteiger charge is -2.29. The summed E-state index contributed by atoms with van der Waals surface area (Å²) in [6.45, 7) is 9.89. The van der Waals surface area contributed by atoms with Crippen LogP contribution in [0.15, 0.2) is 60.7 Å². The normalized spacial score (nSPS) is 12.3. The van der Waals surface area contributed by atoms with Crippen LogP contribution in [0.3, 0.4) is 0 Å². The molecule has 2 amide bonds. The minimum atomic E-state index is -4.46. The van der Waals surface area contributed by atoms with Gasteiger partial charge in [-0.1, -0.05) is 29.8 Å². The average Bonchev–Trinajstić information content (AvgIpc) is 3.36. The van der Waals surface area contributed by atoms with E-state index in [1.807, 2.05) is 36.4 Å². The molecule has 4 N–H and O–H groups in total. The zero-order chi connectivity index (χ0) is 50.2. The van der Waals surface area contributed by atoms with Crippen LogP contribution in [0.5, 0.6) is 0 Å². The van der Waals surface area contributed by atoms with E-state index in [2.05, 4.69) is 15.5 Å². The van der Waals surface area contributed by atoms with Crippen molar-refractivity contribution in [3.63, 3.8) is 0 Å². The number of nitrogens with zero attached hydrogens (tertiary/aromatic N) is 1. The van der Waals surface area contributed by atoms with Crippen molar-refractivity contribution in [2.75, 3.05) is 147 Å².